The van der Waals surface area contributed by atoms with Gasteiger partial charge in [0, 0.05) is 61.9 Å². The molecule has 2 aromatic carbocycles. The molecule has 0 unspecified atom stereocenters. The van der Waals surface area contributed by atoms with Gasteiger partial charge in [-0.25, -0.2) is 13.1 Å². The van der Waals surface area contributed by atoms with Crippen LogP contribution in [0.3, 0.4) is 0 Å². The third kappa shape index (κ3) is 7.77. The largest absolute Gasteiger partial charge is 0.490 e. The summed E-state index contributed by atoms with van der Waals surface area (Å²) in [6.45, 7) is 15.2. The van der Waals surface area contributed by atoms with Gasteiger partial charge in [-0.1, -0.05) is 36.7 Å². The molecule has 2 fully saturated rings. The summed E-state index contributed by atoms with van der Waals surface area (Å²) in [7, 11) is -2.09. The molecular weight excluding hydrogens is 708 g/mol. The van der Waals surface area contributed by atoms with Gasteiger partial charge in [-0.05, 0) is 138 Å². The molecule has 1 spiro atoms. The summed E-state index contributed by atoms with van der Waals surface area (Å²) in [5, 5.41) is -0.0223. The topological polar surface area (TPSA) is 91.4 Å². The van der Waals surface area contributed by atoms with Crippen LogP contribution in [0.2, 0.25) is 5.02 Å². The van der Waals surface area contributed by atoms with E-state index in [4.69, 9.17) is 21.1 Å². The second-order valence-corrected chi connectivity index (χ2v) is 19.4. The molecular formula is C42H59ClN4O5S. The Labute approximate surface area is 322 Å². The van der Waals surface area contributed by atoms with Crippen molar-refractivity contribution in [3.05, 3.63) is 70.3 Å². The van der Waals surface area contributed by atoms with Crippen LogP contribution >= 0.6 is 11.6 Å². The molecule has 1 amide bonds. The van der Waals surface area contributed by atoms with Crippen molar-refractivity contribution in [1.82, 2.24) is 14.5 Å². The lowest BCUT2D eigenvalue weighted by atomic mass is 9.63. The SMILES string of the molecule is CO[C@]1(CN2CCCN(C(C)C)CC2)/C=C/C[C@H](C)[C@@H](C)S(=O)(=O)NC(=O)c2ccc3c(c2)N(C[C@@H]2CC[C@H]21)C[C@@]1(CCCc2cc(Cl)ccc21)CO3. The second kappa shape index (κ2) is 15.5. The van der Waals surface area contributed by atoms with E-state index in [0.717, 1.165) is 101 Å². The van der Waals surface area contributed by atoms with Crippen molar-refractivity contribution >= 4 is 33.2 Å². The van der Waals surface area contributed by atoms with Crippen LogP contribution in [-0.4, -0.2) is 101 Å². The highest BCUT2D eigenvalue weighted by Gasteiger charge is 2.50. The number of carbonyl (C=O) groups is 1. The van der Waals surface area contributed by atoms with E-state index in [-0.39, 0.29) is 17.3 Å². The molecule has 3 heterocycles. The predicted octanol–water partition coefficient (Wildman–Crippen LogP) is 6.68. The summed E-state index contributed by atoms with van der Waals surface area (Å²) in [6.07, 6.45) is 11.3. The molecule has 290 valence electrons. The zero-order valence-corrected chi connectivity index (χ0v) is 33.9. The molecule has 1 saturated carbocycles. The quantitative estimate of drug-likeness (QED) is 0.345. The third-order valence-corrected chi connectivity index (χ3v) is 15.6. The summed E-state index contributed by atoms with van der Waals surface area (Å²) >= 11 is 6.51. The van der Waals surface area contributed by atoms with Crippen molar-refractivity contribution in [2.45, 2.75) is 94.9 Å². The number of carbonyl (C=O) groups excluding carboxylic acids is 1. The number of nitrogens with zero attached hydrogens (tertiary/aromatic N) is 3. The molecule has 2 aromatic rings. The van der Waals surface area contributed by atoms with E-state index >= 15 is 0 Å². The van der Waals surface area contributed by atoms with Gasteiger partial charge in [0.25, 0.3) is 5.91 Å². The van der Waals surface area contributed by atoms with Crippen molar-refractivity contribution < 1.29 is 22.7 Å². The van der Waals surface area contributed by atoms with Crippen LogP contribution in [0.15, 0.2) is 48.6 Å². The number of aryl methyl sites for hydroxylation is 1. The number of halogens is 1. The van der Waals surface area contributed by atoms with Gasteiger partial charge in [-0.3, -0.25) is 14.6 Å². The maximum atomic E-state index is 13.7. The fraction of sp³-hybridized carbons (Fsp3) is 0.643. The van der Waals surface area contributed by atoms with Crippen LogP contribution in [0.4, 0.5) is 5.69 Å². The number of hydrogen-bond donors (Lipinski definition) is 1. The summed E-state index contributed by atoms with van der Waals surface area (Å²) in [5.41, 5.74) is 2.93. The Hall–Kier alpha value is -2.63. The van der Waals surface area contributed by atoms with E-state index < -0.39 is 26.8 Å². The summed E-state index contributed by atoms with van der Waals surface area (Å²) in [4.78, 5) is 21.3. The minimum atomic E-state index is -3.95. The van der Waals surface area contributed by atoms with Crippen molar-refractivity contribution in [2.75, 3.05) is 64.4 Å². The Bertz CT molecular complexity index is 1800. The van der Waals surface area contributed by atoms with Crippen LogP contribution in [0, 0.1) is 17.8 Å². The van der Waals surface area contributed by atoms with E-state index in [1.54, 1.807) is 13.0 Å². The molecule has 9 nitrogen and oxygen atoms in total. The van der Waals surface area contributed by atoms with Gasteiger partial charge in [0.2, 0.25) is 10.0 Å². The number of nitrogens with one attached hydrogen (secondary N) is 1. The maximum Gasteiger partial charge on any atom is 0.264 e. The summed E-state index contributed by atoms with van der Waals surface area (Å²) < 4.78 is 43.1. The van der Waals surface area contributed by atoms with Crippen LogP contribution in [0.1, 0.15) is 87.7 Å². The minimum Gasteiger partial charge on any atom is -0.490 e. The number of fused-ring (bicyclic) bond motifs is 4. The molecule has 3 aliphatic heterocycles. The zero-order valence-electron chi connectivity index (χ0n) is 32.3. The van der Waals surface area contributed by atoms with Crippen molar-refractivity contribution in [3.63, 3.8) is 0 Å². The summed E-state index contributed by atoms with van der Waals surface area (Å²) in [6, 6.07) is 12.2. The highest BCUT2D eigenvalue weighted by molar-refractivity contribution is 7.90. The number of anilines is 1. The fourth-order valence-corrected chi connectivity index (χ4v) is 11.3. The van der Waals surface area contributed by atoms with Gasteiger partial charge < -0.3 is 14.4 Å². The summed E-state index contributed by atoms with van der Waals surface area (Å²) in [5.74, 6) is 0.509. The minimum absolute atomic E-state index is 0.214. The lowest BCUT2D eigenvalue weighted by Gasteiger charge is -2.51. The standard InChI is InChI=1S/C42H59ClN4O5S/c1-29(2)46-20-8-19-45(21-22-46)27-42(51-5)18-6-9-30(3)31(4)53(49,50)44-40(48)33-12-16-39-38(24-33)47(25-34-11-14-37(34)42)26-41(28-52-39)17-7-10-32-23-35(43)13-15-36(32)41/h6,12-13,15-16,18,23-24,29-31,34,37H,7-11,14,17,19-22,25-28H2,1-5H3,(H,44,48)/b18-6+/t30-,31+,34-,37+,41-,42-/m0/s1. The smallest absolute Gasteiger partial charge is 0.264 e. The first kappa shape index (κ1) is 38.6. The Morgan fingerprint density at radius 1 is 1.06 bits per heavy atom. The normalized spacial score (nSPS) is 33.1. The highest BCUT2D eigenvalue weighted by Crippen LogP contribution is 2.49. The van der Waals surface area contributed by atoms with Crippen LogP contribution in [0.5, 0.6) is 5.75 Å². The average Bonchev–Trinajstić information content (AvgIpc) is 3.44. The molecule has 7 rings (SSSR count). The molecule has 53 heavy (non-hydrogen) atoms. The molecule has 1 N–H and O–H groups in total. The molecule has 6 atom stereocenters. The Balaban J connectivity index is 1.29. The van der Waals surface area contributed by atoms with Crippen molar-refractivity contribution in [2.24, 2.45) is 17.8 Å². The average molecular weight is 767 g/mol. The number of sulfonamides is 1. The molecule has 0 radical (unpaired) electrons. The van der Waals surface area contributed by atoms with Crippen molar-refractivity contribution in [1.29, 1.82) is 0 Å². The Morgan fingerprint density at radius 3 is 2.64 bits per heavy atom. The van der Waals surface area contributed by atoms with E-state index in [9.17, 15) is 13.2 Å². The number of hydrogen-bond acceptors (Lipinski definition) is 8. The van der Waals surface area contributed by atoms with E-state index in [1.165, 1.54) is 11.1 Å². The van der Waals surface area contributed by atoms with Gasteiger partial charge >= 0.3 is 0 Å². The zero-order chi connectivity index (χ0) is 37.5. The van der Waals surface area contributed by atoms with E-state index in [0.29, 0.717) is 30.6 Å². The number of ether oxygens (including phenoxy) is 2. The number of amides is 1. The van der Waals surface area contributed by atoms with Crippen LogP contribution < -0.4 is 14.4 Å². The molecule has 1 saturated heterocycles. The number of benzene rings is 2. The second-order valence-electron chi connectivity index (χ2n) is 16.9. The van der Waals surface area contributed by atoms with Gasteiger partial charge in [0.1, 0.15) is 11.4 Å². The Kier molecular flexibility index (Phi) is 11.3. The lowest BCUT2D eigenvalue weighted by molar-refractivity contribution is -0.0911. The first-order valence-electron chi connectivity index (χ1n) is 19.9. The van der Waals surface area contributed by atoms with Gasteiger partial charge in [0.15, 0.2) is 0 Å². The molecule has 2 aliphatic carbocycles. The van der Waals surface area contributed by atoms with E-state index in [1.807, 2.05) is 32.2 Å². The first-order valence-corrected chi connectivity index (χ1v) is 21.8. The van der Waals surface area contributed by atoms with E-state index in [2.05, 4.69) is 57.6 Å². The first-order chi connectivity index (χ1) is 25.3. The van der Waals surface area contributed by atoms with Crippen molar-refractivity contribution in [3.8, 4) is 5.75 Å². The molecule has 0 aromatic heterocycles. The lowest BCUT2D eigenvalue weighted by Crippen LogP contribution is -2.57. The predicted molar refractivity (Wildman–Crippen MR) is 213 cm³/mol. The monoisotopic (exact) mass is 766 g/mol. The van der Waals surface area contributed by atoms with Gasteiger partial charge in [-0.15, -0.1) is 0 Å². The molecule has 5 aliphatic rings. The molecule has 2 bridgehead atoms. The van der Waals surface area contributed by atoms with Crippen LogP contribution in [0.25, 0.3) is 0 Å². The Morgan fingerprint density at radius 2 is 1.89 bits per heavy atom. The van der Waals surface area contributed by atoms with Crippen LogP contribution in [-0.2, 0) is 26.6 Å². The van der Waals surface area contributed by atoms with Gasteiger partial charge in [0.05, 0.1) is 17.5 Å². The molecule has 11 heteroatoms. The van der Waals surface area contributed by atoms with Gasteiger partial charge in [-0.2, -0.15) is 0 Å². The number of methoxy groups -OCH3 is 1. The third-order valence-electron chi connectivity index (χ3n) is 13.4. The fourth-order valence-electron chi connectivity index (χ4n) is 9.82. The number of rotatable bonds is 4. The maximum absolute atomic E-state index is 13.7. The number of allylic oxidation sites excluding steroid dienone is 1. The highest BCUT2D eigenvalue weighted by atomic mass is 35.5.